The van der Waals surface area contributed by atoms with Crippen molar-refractivity contribution >= 4 is 80.2 Å². The number of aromatic nitrogens is 1. The molecule has 3 heterocycles. The lowest BCUT2D eigenvalue weighted by atomic mass is 10.0. The smallest absolute Gasteiger partial charge is 0.124 e. The predicted octanol–water partition coefficient (Wildman–Crippen LogP) is 12.6. The second kappa shape index (κ2) is 10.7. The number of anilines is 3. The SMILES string of the molecule is c1ccc(-c2ccc(N(c3ccc(-c4cccc5c4sc4ncccc45)cc3)c3ccc4sc5ccccc5c4c3)cc2)cc1. The fraction of sp³-hybridized carbons (Fsp3) is 0. The molecule has 0 saturated heterocycles. The Morgan fingerprint density at radius 3 is 1.89 bits per heavy atom. The summed E-state index contributed by atoms with van der Waals surface area (Å²) in [6, 6.07) is 54.8. The number of nitrogens with zero attached hydrogens (tertiary/aromatic N) is 2. The van der Waals surface area contributed by atoms with Crippen molar-refractivity contribution in [1.29, 1.82) is 0 Å². The summed E-state index contributed by atoms with van der Waals surface area (Å²) in [5.74, 6) is 0. The van der Waals surface area contributed by atoms with Gasteiger partial charge in [-0.1, -0.05) is 91.0 Å². The van der Waals surface area contributed by atoms with E-state index in [1.54, 1.807) is 11.3 Å². The first kappa shape index (κ1) is 26.1. The van der Waals surface area contributed by atoms with Crippen LogP contribution >= 0.6 is 22.7 Å². The first-order chi connectivity index (χ1) is 22.3. The molecule has 0 spiro atoms. The van der Waals surface area contributed by atoms with Crippen LogP contribution in [0.25, 0.3) is 62.7 Å². The monoisotopic (exact) mass is 610 g/mol. The standard InChI is InChI=1S/C41H26N2S2/c1-2-8-27(9-3-1)28-15-19-30(20-16-28)43(32-23-24-39-37(26-32)34-10-4-5-14-38(34)44-39)31-21-17-29(18-22-31)33-11-6-12-35-36-13-7-25-42-41(36)45-40(33)35/h1-26H. The van der Waals surface area contributed by atoms with Gasteiger partial charge in [0.15, 0.2) is 0 Å². The topological polar surface area (TPSA) is 16.1 Å². The Labute approximate surface area is 269 Å². The molecule has 0 saturated carbocycles. The third-order valence-corrected chi connectivity index (χ3v) is 10.9. The molecule has 3 aromatic heterocycles. The number of hydrogen-bond acceptors (Lipinski definition) is 4. The van der Waals surface area contributed by atoms with Gasteiger partial charge in [-0.2, -0.15) is 0 Å². The van der Waals surface area contributed by atoms with Crippen molar-refractivity contribution in [1.82, 2.24) is 4.98 Å². The zero-order valence-electron chi connectivity index (χ0n) is 24.2. The molecular weight excluding hydrogens is 585 g/mol. The van der Waals surface area contributed by atoms with Crippen LogP contribution in [0.2, 0.25) is 0 Å². The average molecular weight is 611 g/mol. The number of benzene rings is 6. The summed E-state index contributed by atoms with van der Waals surface area (Å²) in [6.07, 6.45) is 1.88. The summed E-state index contributed by atoms with van der Waals surface area (Å²) in [5, 5.41) is 5.08. The molecule has 0 radical (unpaired) electrons. The van der Waals surface area contributed by atoms with Gasteiger partial charge < -0.3 is 4.90 Å². The lowest BCUT2D eigenvalue weighted by Crippen LogP contribution is -2.09. The zero-order valence-corrected chi connectivity index (χ0v) is 25.9. The van der Waals surface area contributed by atoms with Crippen LogP contribution in [0.4, 0.5) is 17.1 Å². The van der Waals surface area contributed by atoms with Gasteiger partial charge >= 0.3 is 0 Å². The first-order valence-corrected chi connectivity index (χ1v) is 16.7. The van der Waals surface area contributed by atoms with Crippen molar-refractivity contribution < 1.29 is 0 Å². The molecule has 212 valence electrons. The molecule has 0 amide bonds. The molecule has 9 rings (SSSR count). The summed E-state index contributed by atoms with van der Waals surface area (Å²) >= 11 is 3.62. The minimum absolute atomic E-state index is 1.08. The van der Waals surface area contributed by atoms with Gasteiger partial charge in [0.2, 0.25) is 0 Å². The highest BCUT2D eigenvalue weighted by atomic mass is 32.1. The lowest BCUT2D eigenvalue weighted by Gasteiger charge is -2.26. The maximum atomic E-state index is 4.63. The molecular formula is C41H26N2S2. The molecule has 0 N–H and O–H groups in total. The van der Waals surface area contributed by atoms with Crippen LogP contribution in [0.5, 0.6) is 0 Å². The lowest BCUT2D eigenvalue weighted by molar-refractivity contribution is 1.29. The maximum absolute atomic E-state index is 4.63. The molecule has 0 aliphatic carbocycles. The van der Waals surface area contributed by atoms with E-state index in [1.165, 1.54) is 57.9 Å². The number of rotatable bonds is 5. The van der Waals surface area contributed by atoms with Gasteiger partial charge in [-0.05, 0) is 82.9 Å². The molecule has 2 nitrogen and oxygen atoms in total. The van der Waals surface area contributed by atoms with Gasteiger partial charge in [0.1, 0.15) is 4.83 Å². The molecule has 0 fully saturated rings. The Balaban J connectivity index is 1.17. The van der Waals surface area contributed by atoms with Crippen LogP contribution in [0.15, 0.2) is 158 Å². The van der Waals surface area contributed by atoms with Crippen LogP contribution in [-0.4, -0.2) is 4.98 Å². The van der Waals surface area contributed by atoms with Crippen molar-refractivity contribution in [2.24, 2.45) is 0 Å². The van der Waals surface area contributed by atoms with Crippen molar-refractivity contribution in [3.05, 3.63) is 158 Å². The van der Waals surface area contributed by atoms with E-state index in [1.807, 2.05) is 23.6 Å². The van der Waals surface area contributed by atoms with Crippen LogP contribution < -0.4 is 4.90 Å². The first-order valence-electron chi connectivity index (χ1n) is 15.0. The second-order valence-electron chi connectivity index (χ2n) is 11.2. The molecule has 0 atom stereocenters. The summed E-state index contributed by atoms with van der Waals surface area (Å²) in [7, 11) is 0. The largest absolute Gasteiger partial charge is 0.310 e. The summed E-state index contributed by atoms with van der Waals surface area (Å²) in [6.45, 7) is 0. The average Bonchev–Trinajstić information content (AvgIpc) is 3.68. The van der Waals surface area contributed by atoms with Crippen LogP contribution in [-0.2, 0) is 0 Å². The fourth-order valence-corrected chi connectivity index (χ4v) is 8.65. The molecule has 0 unspecified atom stereocenters. The normalized spacial score (nSPS) is 11.6. The Morgan fingerprint density at radius 2 is 1.07 bits per heavy atom. The van der Waals surface area contributed by atoms with Gasteiger partial charge in [-0.25, -0.2) is 4.98 Å². The zero-order chi connectivity index (χ0) is 29.7. The highest BCUT2D eigenvalue weighted by Crippen LogP contribution is 2.43. The Hall–Kier alpha value is -5.29. The molecule has 0 aliphatic heterocycles. The molecule has 0 aliphatic rings. The summed E-state index contributed by atoms with van der Waals surface area (Å²) < 4.78 is 3.90. The van der Waals surface area contributed by atoms with E-state index in [9.17, 15) is 0 Å². The highest BCUT2D eigenvalue weighted by molar-refractivity contribution is 7.26. The van der Waals surface area contributed by atoms with Gasteiger partial charge in [0, 0.05) is 58.9 Å². The third kappa shape index (κ3) is 4.50. The molecule has 4 heteroatoms. The van der Waals surface area contributed by atoms with E-state index < -0.39 is 0 Å². The predicted molar refractivity (Wildman–Crippen MR) is 196 cm³/mol. The van der Waals surface area contributed by atoms with Crippen molar-refractivity contribution in [3.8, 4) is 22.3 Å². The number of hydrogen-bond donors (Lipinski definition) is 0. The Morgan fingerprint density at radius 1 is 0.422 bits per heavy atom. The van der Waals surface area contributed by atoms with Crippen molar-refractivity contribution in [2.45, 2.75) is 0 Å². The minimum atomic E-state index is 1.08. The Kier molecular flexibility index (Phi) is 6.22. The number of pyridine rings is 1. The van der Waals surface area contributed by atoms with E-state index in [-0.39, 0.29) is 0 Å². The van der Waals surface area contributed by atoms with E-state index >= 15 is 0 Å². The number of fused-ring (bicyclic) bond motifs is 6. The quantitative estimate of drug-likeness (QED) is 0.193. The van der Waals surface area contributed by atoms with Gasteiger partial charge in [-0.3, -0.25) is 0 Å². The summed E-state index contributed by atoms with van der Waals surface area (Å²) in [4.78, 5) is 8.08. The molecule has 45 heavy (non-hydrogen) atoms. The minimum Gasteiger partial charge on any atom is -0.310 e. The molecule has 6 aromatic carbocycles. The maximum Gasteiger partial charge on any atom is 0.124 e. The van der Waals surface area contributed by atoms with Crippen LogP contribution in [0, 0.1) is 0 Å². The fourth-order valence-electron chi connectivity index (χ4n) is 6.38. The molecule has 9 aromatic rings. The van der Waals surface area contributed by atoms with Gasteiger partial charge in [0.05, 0.1) is 0 Å². The van der Waals surface area contributed by atoms with E-state index in [4.69, 9.17) is 0 Å². The van der Waals surface area contributed by atoms with Crippen LogP contribution in [0.3, 0.4) is 0 Å². The van der Waals surface area contributed by atoms with Crippen molar-refractivity contribution in [2.75, 3.05) is 4.90 Å². The number of thiophene rings is 2. The van der Waals surface area contributed by atoms with E-state index in [0.717, 1.165) is 21.9 Å². The Bertz CT molecular complexity index is 2470. The van der Waals surface area contributed by atoms with E-state index in [0.29, 0.717) is 0 Å². The van der Waals surface area contributed by atoms with E-state index in [2.05, 4.69) is 155 Å². The molecule has 0 bridgehead atoms. The van der Waals surface area contributed by atoms with Crippen LogP contribution in [0.1, 0.15) is 0 Å². The van der Waals surface area contributed by atoms with Gasteiger partial charge in [-0.15, -0.1) is 22.7 Å². The third-order valence-electron chi connectivity index (χ3n) is 8.56. The van der Waals surface area contributed by atoms with Gasteiger partial charge in [0.25, 0.3) is 0 Å². The second-order valence-corrected chi connectivity index (χ2v) is 13.3. The van der Waals surface area contributed by atoms with Crippen molar-refractivity contribution in [3.63, 3.8) is 0 Å². The highest BCUT2D eigenvalue weighted by Gasteiger charge is 2.16. The summed E-state index contributed by atoms with van der Waals surface area (Å²) in [5.41, 5.74) is 8.26.